The van der Waals surface area contributed by atoms with E-state index in [1.807, 2.05) is 0 Å². The SMILES string of the molecule is C[C@](C#N)(NC(=O)COc1ccc(C(=O)c2ccc(F)cc2)cc1)C1CC1. The van der Waals surface area contributed by atoms with Gasteiger partial charge >= 0.3 is 0 Å². The lowest BCUT2D eigenvalue weighted by Crippen LogP contribution is -2.48. The Morgan fingerprint density at radius 2 is 1.70 bits per heavy atom. The number of amides is 1. The highest BCUT2D eigenvalue weighted by Gasteiger charge is 2.43. The predicted molar refractivity (Wildman–Crippen MR) is 96.7 cm³/mol. The summed E-state index contributed by atoms with van der Waals surface area (Å²) in [7, 11) is 0. The lowest BCUT2D eigenvalue weighted by molar-refractivity contribution is -0.124. The smallest absolute Gasteiger partial charge is 0.259 e. The topological polar surface area (TPSA) is 79.2 Å². The molecule has 27 heavy (non-hydrogen) atoms. The third-order valence-electron chi connectivity index (χ3n) is 4.62. The van der Waals surface area contributed by atoms with E-state index in [4.69, 9.17) is 4.74 Å². The van der Waals surface area contributed by atoms with Gasteiger partial charge in [-0.25, -0.2) is 4.39 Å². The van der Waals surface area contributed by atoms with Crippen LogP contribution in [0, 0.1) is 23.1 Å². The van der Waals surface area contributed by atoms with Gasteiger partial charge in [-0.15, -0.1) is 0 Å². The Labute approximate surface area is 156 Å². The van der Waals surface area contributed by atoms with Gasteiger partial charge in [0.2, 0.25) is 0 Å². The normalized spacial score (nSPS) is 15.3. The Hall–Kier alpha value is -3.20. The van der Waals surface area contributed by atoms with Crippen LogP contribution in [0.1, 0.15) is 35.7 Å². The van der Waals surface area contributed by atoms with Crippen molar-refractivity contribution in [2.24, 2.45) is 5.92 Å². The molecule has 0 radical (unpaired) electrons. The number of carbonyl (C=O) groups is 2. The fraction of sp³-hybridized carbons (Fsp3) is 0.286. The van der Waals surface area contributed by atoms with Crippen molar-refractivity contribution >= 4 is 11.7 Å². The van der Waals surface area contributed by atoms with Crippen molar-refractivity contribution in [3.8, 4) is 11.8 Å². The second-order valence-corrected chi connectivity index (χ2v) is 6.79. The molecule has 0 heterocycles. The van der Waals surface area contributed by atoms with Gasteiger partial charge in [0.1, 0.15) is 17.1 Å². The Morgan fingerprint density at radius 1 is 1.15 bits per heavy atom. The van der Waals surface area contributed by atoms with Crippen molar-refractivity contribution in [1.29, 1.82) is 5.26 Å². The minimum absolute atomic E-state index is 0.197. The summed E-state index contributed by atoms with van der Waals surface area (Å²) in [5, 5.41) is 12.0. The van der Waals surface area contributed by atoms with Crippen LogP contribution in [-0.4, -0.2) is 23.8 Å². The summed E-state index contributed by atoms with van der Waals surface area (Å²) in [6.45, 7) is 1.51. The molecule has 0 spiro atoms. The summed E-state index contributed by atoms with van der Waals surface area (Å²) in [6, 6.07) is 13.8. The second-order valence-electron chi connectivity index (χ2n) is 6.79. The van der Waals surface area contributed by atoms with Crippen molar-refractivity contribution in [1.82, 2.24) is 5.32 Å². The highest BCUT2D eigenvalue weighted by Crippen LogP contribution is 2.39. The van der Waals surface area contributed by atoms with Crippen LogP contribution in [0.2, 0.25) is 0 Å². The van der Waals surface area contributed by atoms with E-state index >= 15 is 0 Å². The molecule has 2 aromatic rings. The Kier molecular flexibility index (Phi) is 5.22. The first-order valence-electron chi connectivity index (χ1n) is 8.67. The number of rotatable bonds is 7. The molecule has 1 N–H and O–H groups in total. The second kappa shape index (κ2) is 7.58. The summed E-state index contributed by atoms with van der Waals surface area (Å²) < 4.78 is 18.4. The number of nitrogens with one attached hydrogen (secondary N) is 1. The van der Waals surface area contributed by atoms with Crippen LogP contribution in [0.3, 0.4) is 0 Å². The molecule has 1 saturated carbocycles. The first kappa shape index (κ1) is 18.6. The molecule has 6 heteroatoms. The van der Waals surface area contributed by atoms with Crippen molar-refractivity contribution in [3.05, 3.63) is 65.5 Å². The minimum Gasteiger partial charge on any atom is -0.484 e. The largest absolute Gasteiger partial charge is 0.484 e. The molecule has 0 bridgehead atoms. The van der Waals surface area contributed by atoms with E-state index in [0.717, 1.165) is 12.8 Å². The molecule has 0 aromatic heterocycles. The third kappa shape index (κ3) is 4.50. The maximum Gasteiger partial charge on any atom is 0.259 e. The molecule has 1 amide bonds. The van der Waals surface area contributed by atoms with Gasteiger partial charge < -0.3 is 10.1 Å². The molecular weight excluding hydrogens is 347 g/mol. The van der Waals surface area contributed by atoms with Gasteiger partial charge in [0.25, 0.3) is 5.91 Å². The lowest BCUT2D eigenvalue weighted by atomic mass is 9.98. The fourth-order valence-electron chi connectivity index (χ4n) is 2.83. The van der Waals surface area contributed by atoms with Crippen LogP contribution in [0.4, 0.5) is 4.39 Å². The molecule has 1 fully saturated rings. The summed E-state index contributed by atoms with van der Waals surface area (Å²) in [5.41, 5.74) is -0.0317. The van der Waals surface area contributed by atoms with Crippen LogP contribution in [0.5, 0.6) is 5.75 Å². The van der Waals surface area contributed by atoms with E-state index in [1.165, 1.54) is 24.3 Å². The number of ketones is 1. The van der Waals surface area contributed by atoms with E-state index in [9.17, 15) is 19.2 Å². The standard InChI is InChI=1S/C21H19FN2O3/c1-21(13-23,16-6-7-16)24-19(25)12-27-18-10-4-15(5-11-18)20(26)14-2-8-17(22)9-3-14/h2-5,8-11,16H,6-7,12H2,1H3,(H,24,25)/t21-/m1/s1. The van der Waals surface area contributed by atoms with E-state index < -0.39 is 11.4 Å². The average Bonchev–Trinajstić information content (AvgIpc) is 3.52. The number of nitriles is 1. The van der Waals surface area contributed by atoms with Crippen molar-refractivity contribution in [3.63, 3.8) is 0 Å². The molecule has 138 valence electrons. The lowest BCUT2D eigenvalue weighted by Gasteiger charge is -2.22. The summed E-state index contributed by atoms with van der Waals surface area (Å²) in [4.78, 5) is 24.4. The van der Waals surface area contributed by atoms with Crippen LogP contribution in [0.15, 0.2) is 48.5 Å². The van der Waals surface area contributed by atoms with E-state index in [0.29, 0.717) is 16.9 Å². The summed E-state index contributed by atoms with van der Waals surface area (Å²) in [6.07, 6.45) is 1.88. The number of halogens is 1. The van der Waals surface area contributed by atoms with Crippen LogP contribution in [-0.2, 0) is 4.79 Å². The molecule has 1 aliphatic carbocycles. The molecule has 1 atom stereocenters. The number of hydrogen-bond acceptors (Lipinski definition) is 4. The molecule has 0 saturated heterocycles. The molecule has 2 aromatic carbocycles. The quantitative estimate of drug-likeness (QED) is 0.763. The van der Waals surface area contributed by atoms with Crippen LogP contribution >= 0.6 is 0 Å². The zero-order valence-electron chi connectivity index (χ0n) is 14.9. The van der Waals surface area contributed by atoms with Gasteiger partial charge in [0, 0.05) is 11.1 Å². The van der Waals surface area contributed by atoms with Crippen molar-refractivity contribution in [2.75, 3.05) is 6.61 Å². The summed E-state index contributed by atoms with van der Waals surface area (Å²) >= 11 is 0. The number of benzene rings is 2. The number of nitrogens with zero attached hydrogens (tertiary/aromatic N) is 1. The number of ether oxygens (including phenoxy) is 1. The van der Waals surface area contributed by atoms with E-state index in [1.54, 1.807) is 31.2 Å². The van der Waals surface area contributed by atoms with Crippen LogP contribution in [0.25, 0.3) is 0 Å². The Bertz CT molecular complexity index is 883. The zero-order valence-corrected chi connectivity index (χ0v) is 14.9. The van der Waals surface area contributed by atoms with Crippen molar-refractivity contribution < 1.29 is 18.7 Å². The molecule has 0 aliphatic heterocycles. The fourth-order valence-corrected chi connectivity index (χ4v) is 2.83. The molecular formula is C21H19FN2O3. The Morgan fingerprint density at radius 3 is 2.22 bits per heavy atom. The van der Waals surface area contributed by atoms with Gasteiger partial charge in [0.15, 0.2) is 12.4 Å². The molecule has 5 nitrogen and oxygen atoms in total. The van der Waals surface area contributed by atoms with Gasteiger partial charge in [-0.05, 0) is 74.2 Å². The van der Waals surface area contributed by atoms with Crippen LogP contribution < -0.4 is 10.1 Å². The molecule has 1 aliphatic rings. The molecule has 0 unspecified atom stereocenters. The maximum atomic E-state index is 13.0. The highest BCUT2D eigenvalue weighted by atomic mass is 19.1. The maximum absolute atomic E-state index is 13.0. The third-order valence-corrected chi connectivity index (χ3v) is 4.62. The van der Waals surface area contributed by atoms with Gasteiger partial charge in [-0.3, -0.25) is 9.59 Å². The number of hydrogen-bond donors (Lipinski definition) is 1. The zero-order chi connectivity index (χ0) is 19.4. The first-order valence-corrected chi connectivity index (χ1v) is 8.67. The van der Waals surface area contributed by atoms with Gasteiger partial charge in [0.05, 0.1) is 6.07 Å². The predicted octanol–water partition coefficient (Wildman–Crippen LogP) is 3.24. The van der Waals surface area contributed by atoms with Gasteiger partial charge in [-0.1, -0.05) is 0 Å². The van der Waals surface area contributed by atoms with Gasteiger partial charge in [-0.2, -0.15) is 5.26 Å². The average molecular weight is 366 g/mol. The number of carbonyl (C=O) groups excluding carboxylic acids is 2. The summed E-state index contributed by atoms with van der Waals surface area (Å²) in [5.74, 6) is -0.359. The molecule has 3 rings (SSSR count). The van der Waals surface area contributed by atoms with Crippen molar-refractivity contribution in [2.45, 2.75) is 25.3 Å². The first-order chi connectivity index (χ1) is 12.9. The monoisotopic (exact) mass is 366 g/mol. The highest BCUT2D eigenvalue weighted by molar-refractivity contribution is 6.09. The van der Waals surface area contributed by atoms with E-state index in [2.05, 4.69) is 11.4 Å². The Balaban J connectivity index is 1.56. The van der Waals surface area contributed by atoms with E-state index in [-0.39, 0.29) is 24.2 Å². The minimum atomic E-state index is -0.855.